The van der Waals surface area contributed by atoms with Crippen LogP contribution in [0.5, 0.6) is 0 Å². The summed E-state index contributed by atoms with van der Waals surface area (Å²) in [5.41, 5.74) is 2.61. The Labute approximate surface area is 144 Å². The molecule has 3 aromatic rings. The number of nitrogens with one attached hydrogen (secondary N) is 1. The van der Waals surface area contributed by atoms with E-state index in [1.54, 1.807) is 34.3 Å². The number of hydrogen-bond acceptors (Lipinski definition) is 4. The molecule has 1 aromatic carbocycles. The first-order chi connectivity index (χ1) is 11.8. The van der Waals surface area contributed by atoms with Crippen molar-refractivity contribution in [2.75, 3.05) is 13.2 Å². The largest absolute Gasteiger partial charge is 0.396 e. The zero-order valence-electron chi connectivity index (χ0n) is 13.1. The number of aliphatic hydroxyl groups is 1. The fraction of sp³-hybridized carbons (Fsp3) is 0.222. The molecular weight excluding hydrogens is 322 g/mol. The molecule has 0 radical (unpaired) electrons. The summed E-state index contributed by atoms with van der Waals surface area (Å²) in [5, 5.41) is 20.7. The van der Waals surface area contributed by atoms with Crippen LogP contribution in [0.4, 0.5) is 0 Å². The third kappa shape index (κ3) is 4.10. The average Bonchev–Trinajstić information content (AvgIpc) is 3.32. The van der Waals surface area contributed by atoms with E-state index in [0.29, 0.717) is 12.1 Å². The van der Waals surface area contributed by atoms with Gasteiger partial charge in [0.05, 0.1) is 5.69 Å². The van der Waals surface area contributed by atoms with Crippen molar-refractivity contribution in [3.63, 3.8) is 0 Å². The molecule has 2 N–H and O–H groups in total. The van der Waals surface area contributed by atoms with Crippen LogP contribution in [0.15, 0.2) is 59.6 Å². The van der Waals surface area contributed by atoms with E-state index in [2.05, 4.69) is 15.8 Å². The van der Waals surface area contributed by atoms with E-state index in [0.717, 1.165) is 12.1 Å². The summed E-state index contributed by atoms with van der Waals surface area (Å²) in [5.74, 6) is -0.134. The molecule has 0 aliphatic heterocycles. The van der Waals surface area contributed by atoms with Gasteiger partial charge in [0, 0.05) is 37.0 Å². The molecule has 0 unspecified atom stereocenters. The number of amides is 1. The zero-order chi connectivity index (χ0) is 16.8. The summed E-state index contributed by atoms with van der Waals surface area (Å²) in [6.07, 6.45) is 4.29. The fourth-order valence-corrected chi connectivity index (χ4v) is 3.18. The molecule has 24 heavy (non-hydrogen) atoms. The SMILES string of the molecule is O=C(NC[C@@H](CO)Cc1ccsc1)c1cccc(-n2cccn2)c1. The van der Waals surface area contributed by atoms with Gasteiger partial charge < -0.3 is 10.4 Å². The quantitative estimate of drug-likeness (QED) is 0.694. The van der Waals surface area contributed by atoms with E-state index < -0.39 is 0 Å². The Hall–Kier alpha value is -2.44. The average molecular weight is 341 g/mol. The van der Waals surface area contributed by atoms with E-state index in [1.165, 1.54) is 5.56 Å². The molecule has 0 fully saturated rings. The van der Waals surface area contributed by atoms with Crippen LogP contribution < -0.4 is 5.32 Å². The van der Waals surface area contributed by atoms with Gasteiger partial charge in [-0.3, -0.25) is 4.79 Å². The van der Waals surface area contributed by atoms with Crippen LogP contribution in [0.2, 0.25) is 0 Å². The summed E-state index contributed by atoms with van der Waals surface area (Å²) in [4.78, 5) is 12.4. The van der Waals surface area contributed by atoms with Crippen LogP contribution in [0.3, 0.4) is 0 Å². The summed E-state index contributed by atoms with van der Waals surface area (Å²) in [7, 11) is 0. The number of aliphatic hydroxyl groups excluding tert-OH is 1. The van der Waals surface area contributed by atoms with Gasteiger partial charge in [0.25, 0.3) is 5.91 Å². The molecule has 0 saturated heterocycles. The highest BCUT2D eigenvalue weighted by molar-refractivity contribution is 7.07. The van der Waals surface area contributed by atoms with E-state index in [4.69, 9.17) is 0 Å². The van der Waals surface area contributed by atoms with Gasteiger partial charge in [-0.05, 0) is 53.1 Å². The first kappa shape index (κ1) is 16.4. The predicted molar refractivity (Wildman–Crippen MR) is 94.5 cm³/mol. The van der Waals surface area contributed by atoms with Gasteiger partial charge in [-0.1, -0.05) is 6.07 Å². The van der Waals surface area contributed by atoms with Crippen molar-refractivity contribution >= 4 is 17.2 Å². The minimum Gasteiger partial charge on any atom is -0.396 e. The fourth-order valence-electron chi connectivity index (χ4n) is 2.49. The summed E-state index contributed by atoms with van der Waals surface area (Å²) < 4.78 is 1.71. The molecule has 2 aromatic heterocycles. The first-order valence-corrected chi connectivity index (χ1v) is 8.71. The van der Waals surface area contributed by atoms with Gasteiger partial charge in [0.1, 0.15) is 0 Å². The maximum atomic E-state index is 12.4. The second kappa shape index (κ2) is 7.90. The molecule has 0 aliphatic rings. The maximum absolute atomic E-state index is 12.4. The molecule has 6 heteroatoms. The second-order valence-electron chi connectivity index (χ2n) is 5.60. The van der Waals surface area contributed by atoms with Crippen molar-refractivity contribution in [1.29, 1.82) is 0 Å². The molecule has 0 bridgehead atoms. The molecule has 3 rings (SSSR count). The highest BCUT2D eigenvalue weighted by atomic mass is 32.1. The summed E-state index contributed by atoms with van der Waals surface area (Å²) in [6.45, 7) is 0.487. The lowest BCUT2D eigenvalue weighted by atomic mass is 10.0. The Bertz CT molecular complexity index is 769. The normalized spacial score (nSPS) is 12.0. The molecule has 1 amide bonds. The summed E-state index contributed by atoms with van der Waals surface area (Å²) >= 11 is 1.64. The van der Waals surface area contributed by atoms with Crippen LogP contribution >= 0.6 is 11.3 Å². The number of rotatable bonds is 7. The van der Waals surface area contributed by atoms with Crippen molar-refractivity contribution < 1.29 is 9.90 Å². The second-order valence-corrected chi connectivity index (χ2v) is 6.38. The smallest absolute Gasteiger partial charge is 0.251 e. The van der Waals surface area contributed by atoms with Gasteiger partial charge in [0.15, 0.2) is 0 Å². The van der Waals surface area contributed by atoms with Crippen molar-refractivity contribution in [2.24, 2.45) is 5.92 Å². The lowest BCUT2D eigenvalue weighted by molar-refractivity contribution is 0.0940. The van der Waals surface area contributed by atoms with Gasteiger partial charge in [0.2, 0.25) is 0 Å². The molecule has 0 aliphatic carbocycles. The third-order valence-electron chi connectivity index (χ3n) is 3.79. The summed E-state index contributed by atoms with van der Waals surface area (Å²) in [6, 6.07) is 11.2. The van der Waals surface area contributed by atoms with Gasteiger partial charge in [-0.25, -0.2) is 4.68 Å². The topological polar surface area (TPSA) is 67.2 Å². The minimum atomic E-state index is -0.146. The van der Waals surface area contributed by atoms with Crippen molar-refractivity contribution in [3.05, 3.63) is 70.7 Å². The number of thiophene rings is 1. The molecule has 5 nitrogen and oxygen atoms in total. The number of hydrogen-bond donors (Lipinski definition) is 2. The van der Waals surface area contributed by atoms with Gasteiger partial charge in [-0.15, -0.1) is 0 Å². The molecular formula is C18H19N3O2S. The number of aromatic nitrogens is 2. The number of carbonyl (C=O) groups excluding carboxylic acids is 1. The Morgan fingerprint density at radius 2 is 2.25 bits per heavy atom. The van der Waals surface area contributed by atoms with E-state index >= 15 is 0 Å². The minimum absolute atomic E-state index is 0.0119. The zero-order valence-corrected chi connectivity index (χ0v) is 13.9. The highest BCUT2D eigenvalue weighted by Gasteiger charge is 2.12. The number of carbonyl (C=O) groups is 1. The van der Waals surface area contributed by atoms with E-state index in [1.807, 2.05) is 35.8 Å². The van der Waals surface area contributed by atoms with E-state index in [9.17, 15) is 9.90 Å². The Morgan fingerprint density at radius 1 is 1.33 bits per heavy atom. The molecule has 0 saturated carbocycles. The van der Waals surface area contributed by atoms with Crippen molar-refractivity contribution in [3.8, 4) is 5.69 Å². The van der Waals surface area contributed by atoms with Crippen LogP contribution in [0, 0.1) is 5.92 Å². The molecule has 0 spiro atoms. The highest BCUT2D eigenvalue weighted by Crippen LogP contribution is 2.13. The first-order valence-electron chi connectivity index (χ1n) is 7.76. The third-order valence-corrected chi connectivity index (χ3v) is 4.52. The Balaban J connectivity index is 1.61. The van der Waals surface area contributed by atoms with Crippen LogP contribution in [-0.2, 0) is 6.42 Å². The molecule has 1 atom stereocenters. The lowest BCUT2D eigenvalue weighted by Gasteiger charge is -2.14. The monoisotopic (exact) mass is 341 g/mol. The standard InChI is InChI=1S/C18H19N3O2S/c22-12-15(9-14-5-8-24-13-14)11-19-18(23)16-3-1-4-17(10-16)21-7-2-6-20-21/h1-8,10,13,15,22H,9,11-12H2,(H,19,23)/t15-/m0/s1. The van der Waals surface area contributed by atoms with Crippen LogP contribution in [-0.4, -0.2) is 33.9 Å². The maximum Gasteiger partial charge on any atom is 0.251 e. The van der Waals surface area contributed by atoms with E-state index in [-0.39, 0.29) is 18.4 Å². The van der Waals surface area contributed by atoms with Crippen LogP contribution in [0.25, 0.3) is 5.69 Å². The van der Waals surface area contributed by atoms with Crippen molar-refractivity contribution in [2.45, 2.75) is 6.42 Å². The van der Waals surface area contributed by atoms with Crippen molar-refractivity contribution in [1.82, 2.24) is 15.1 Å². The Morgan fingerprint density at radius 3 is 2.96 bits per heavy atom. The van der Waals surface area contributed by atoms with Crippen LogP contribution in [0.1, 0.15) is 15.9 Å². The Kier molecular flexibility index (Phi) is 5.40. The molecule has 2 heterocycles. The van der Waals surface area contributed by atoms with Gasteiger partial charge in [-0.2, -0.15) is 16.4 Å². The van der Waals surface area contributed by atoms with Gasteiger partial charge >= 0.3 is 0 Å². The molecule has 124 valence electrons. The lowest BCUT2D eigenvalue weighted by Crippen LogP contribution is -2.31. The number of benzene rings is 1. The predicted octanol–water partition coefficient (Wildman–Crippen LogP) is 2.51. The number of nitrogens with zero attached hydrogens (tertiary/aromatic N) is 2.